The molecule has 176 valence electrons. The highest BCUT2D eigenvalue weighted by Crippen LogP contribution is 2.36. The summed E-state index contributed by atoms with van der Waals surface area (Å²) in [6, 6.07) is 3.77. The van der Waals surface area contributed by atoms with E-state index in [9.17, 15) is 9.59 Å². The molecule has 33 heavy (non-hydrogen) atoms. The average Bonchev–Trinajstić information content (AvgIpc) is 3.21. The van der Waals surface area contributed by atoms with Gasteiger partial charge >= 0.3 is 6.16 Å². The van der Waals surface area contributed by atoms with Crippen molar-refractivity contribution >= 4 is 27.6 Å². The molecule has 1 fully saturated rings. The Morgan fingerprint density at radius 1 is 1.21 bits per heavy atom. The second-order valence-electron chi connectivity index (χ2n) is 9.06. The molecule has 1 saturated heterocycles. The minimum absolute atomic E-state index is 0.155. The largest absolute Gasteiger partial charge is 0.528 e. The molecule has 4 rings (SSSR count). The number of nitrogens with zero attached hydrogens (tertiary/aromatic N) is 4. The van der Waals surface area contributed by atoms with E-state index in [1.165, 1.54) is 16.0 Å². The van der Waals surface area contributed by atoms with Gasteiger partial charge in [0.25, 0.3) is 5.56 Å². The summed E-state index contributed by atoms with van der Waals surface area (Å²) in [6.45, 7) is 7.09. The first-order valence-electron chi connectivity index (χ1n) is 10.9. The molecule has 3 aromatic rings. The van der Waals surface area contributed by atoms with Gasteiger partial charge < -0.3 is 14.3 Å². The number of hydrogen-bond donors (Lipinski definition) is 0. The molecule has 4 heterocycles. The van der Waals surface area contributed by atoms with E-state index >= 15 is 0 Å². The predicted octanol–water partition coefficient (Wildman–Crippen LogP) is 4.01. The lowest BCUT2D eigenvalue weighted by Crippen LogP contribution is -2.38. The van der Waals surface area contributed by atoms with Gasteiger partial charge in [-0.1, -0.05) is 0 Å². The SMILES string of the molecule is Cn1nc(OCC2CCN(OC(=O)OC(C)(C)C)CC2)c2scc(-c3ccncc3)c2c1=O. The van der Waals surface area contributed by atoms with Crippen LogP contribution < -0.4 is 10.3 Å². The lowest BCUT2D eigenvalue weighted by atomic mass is 9.99. The van der Waals surface area contributed by atoms with Gasteiger partial charge in [0.1, 0.15) is 10.3 Å². The van der Waals surface area contributed by atoms with E-state index in [1.54, 1.807) is 45.3 Å². The number of aromatic nitrogens is 3. The number of rotatable bonds is 5. The van der Waals surface area contributed by atoms with Crippen LogP contribution in [0.4, 0.5) is 4.79 Å². The van der Waals surface area contributed by atoms with Gasteiger partial charge in [0.05, 0.1) is 12.0 Å². The number of carbonyl (C=O) groups is 1. The number of fused-ring (bicyclic) bond motifs is 1. The molecule has 0 bridgehead atoms. The van der Waals surface area contributed by atoms with Gasteiger partial charge in [-0.15, -0.1) is 21.5 Å². The molecule has 0 atom stereocenters. The molecular formula is C23H28N4O5S. The fourth-order valence-corrected chi connectivity index (χ4v) is 4.70. The molecule has 0 radical (unpaired) electrons. The molecule has 0 spiro atoms. The van der Waals surface area contributed by atoms with Crippen LogP contribution in [0.2, 0.25) is 0 Å². The molecule has 0 aromatic carbocycles. The number of pyridine rings is 1. The highest BCUT2D eigenvalue weighted by molar-refractivity contribution is 7.18. The van der Waals surface area contributed by atoms with Crippen molar-refractivity contribution in [1.29, 1.82) is 0 Å². The lowest BCUT2D eigenvalue weighted by Gasteiger charge is -2.30. The summed E-state index contributed by atoms with van der Waals surface area (Å²) in [7, 11) is 1.63. The van der Waals surface area contributed by atoms with Crippen LogP contribution in [0, 0.1) is 5.92 Å². The third-order valence-corrected chi connectivity index (χ3v) is 6.32. The van der Waals surface area contributed by atoms with E-state index in [1.807, 2.05) is 17.5 Å². The van der Waals surface area contributed by atoms with Crippen molar-refractivity contribution in [3.05, 3.63) is 40.3 Å². The fraction of sp³-hybridized carbons (Fsp3) is 0.478. The summed E-state index contributed by atoms with van der Waals surface area (Å²) in [6.07, 6.45) is 4.35. The van der Waals surface area contributed by atoms with Crippen molar-refractivity contribution in [1.82, 2.24) is 19.8 Å². The summed E-state index contributed by atoms with van der Waals surface area (Å²) >= 11 is 1.46. The molecule has 0 aliphatic carbocycles. The zero-order valence-electron chi connectivity index (χ0n) is 19.2. The molecular weight excluding hydrogens is 444 g/mol. The lowest BCUT2D eigenvalue weighted by molar-refractivity contribution is -0.156. The van der Waals surface area contributed by atoms with E-state index in [0.717, 1.165) is 28.7 Å². The molecule has 10 heteroatoms. The summed E-state index contributed by atoms with van der Waals surface area (Å²) in [5, 5.41) is 8.57. The number of piperidine rings is 1. The van der Waals surface area contributed by atoms with Gasteiger partial charge in [-0.25, -0.2) is 9.48 Å². The maximum absolute atomic E-state index is 12.8. The van der Waals surface area contributed by atoms with Crippen LogP contribution in [-0.2, 0) is 16.6 Å². The van der Waals surface area contributed by atoms with Crippen molar-refractivity contribution in [3.63, 3.8) is 0 Å². The van der Waals surface area contributed by atoms with Gasteiger partial charge in [0.15, 0.2) is 0 Å². The van der Waals surface area contributed by atoms with Crippen LogP contribution in [0.5, 0.6) is 5.88 Å². The molecule has 0 unspecified atom stereocenters. The van der Waals surface area contributed by atoms with Gasteiger partial charge in [-0.05, 0) is 57.2 Å². The molecule has 9 nitrogen and oxygen atoms in total. The number of ether oxygens (including phenoxy) is 2. The number of hydroxylamine groups is 2. The summed E-state index contributed by atoms with van der Waals surface area (Å²) in [5.74, 6) is 0.752. The Labute approximate surface area is 195 Å². The highest BCUT2D eigenvalue weighted by atomic mass is 32.1. The first-order chi connectivity index (χ1) is 15.7. The van der Waals surface area contributed by atoms with E-state index in [-0.39, 0.29) is 11.5 Å². The van der Waals surface area contributed by atoms with E-state index in [2.05, 4.69) is 10.1 Å². The molecule has 0 amide bonds. The Hall–Kier alpha value is -2.98. The molecule has 1 aliphatic heterocycles. The minimum Gasteiger partial charge on any atom is -0.475 e. The number of thiophene rings is 1. The van der Waals surface area contributed by atoms with Gasteiger partial charge in [0.2, 0.25) is 5.88 Å². The van der Waals surface area contributed by atoms with Crippen molar-refractivity contribution in [2.75, 3.05) is 19.7 Å². The van der Waals surface area contributed by atoms with Crippen molar-refractivity contribution in [3.8, 4) is 17.0 Å². The Bertz CT molecular complexity index is 1180. The van der Waals surface area contributed by atoms with Gasteiger partial charge in [-0.3, -0.25) is 9.78 Å². The maximum atomic E-state index is 12.8. The van der Waals surface area contributed by atoms with Crippen LogP contribution in [0.1, 0.15) is 33.6 Å². The van der Waals surface area contributed by atoms with E-state index in [0.29, 0.717) is 31.0 Å². The Balaban J connectivity index is 1.41. The third-order valence-electron chi connectivity index (χ3n) is 5.35. The second-order valence-corrected chi connectivity index (χ2v) is 9.94. The number of hydrogen-bond acceptors (Lipinski definition) is 9. The fourth-order valence-electron chi connectivity index (χ4n) is 3.69. The van der Waals surface area contributed by atoms with E-state index in [4.69, 9.17) is 14.3 Å². The van der Waals surface area contributed by atoms with Crippen molar-refractivity contribution in [2.24, 2.45) is 13.0 Å². The normalized spacial score (nSPS) is 15.5. The summed E-state index contributed by atoms with van der Waals surface area (Å²) < 4.78 is 13.4. The van der Waals surface area contributed by atoms with Crippen LogP contribution in [0.3, 0.4) is 0 Å². The molecule has 1 aliphatic rings. The summed E-state index contributed by atoms with van der Waals surface area (Å²) in [4.78, 5) is 34.0. The van der Waals surface area contributed by atoms with Crippen LogP contribution in [-0.4, -0.2) is 51.3 Å². The Morgan fingerprint density at radius 3 is 2.58 bits per heavy atom. The topological polar surface area (TPSA) is 95.8 Å². The predicted molar refractivity (Wildman–Crippen MR) is 125 cm³/mol. The molecule has 3 aromatic heterocycles. The minimum atomic E-state index is -0.684. The standard InChI is InChI=1S/C23H28N4O5S/c1-23(2,3)31-22(29)32-27-11-7-15(8-12-27)13-30-20-19-18(21(28)26(4)25-20)17(14-33-19)16-5-9-24-10-6-16/h5-6,9-10,14-15H,7-8,11-13H2,1-4H3. The highest BCUT2D eigenvalue weighted by Gasteiger charge is 2.26. The molecule has 0 N–H and O–H groups in total. The summed E-state index contributed by atoms with van der Waals surface area (Å²) in [5.41, 5.74) is 1.05. The monoisotopic (exact) mass is 472 g/mol. The van der Waals surface area contributed by atoms with Crippen molar-refractivity contribution in [2.45, 2.75) is 39.2 Å². The smallest absolute Gasteiger partial charge is 0.475 e. The van der Waals surface area contributed by atoms with Gasteiger partial charge in [0, 0.05) is 43.5 Å². The first-order valence-corrected chi connectivity index (χ1v) is 11.8. The Morgan fingerprint density at radius 2 is 1.91 bits per heavy atom. The van der Waals surface area contributed by atoms with Crippen molar-refractivity contribution < 1.29 is 19.1 Å². The number of aryl methyl sites for hydroxylation is 1. The van der Waals surface area contributed by atoms with Crippen LogP contribution in [0.15, 0.2) is 34.7 Å². The first kappa shape index (κ1) is 23.2. The maximum Gasteiger partial charge on any atom is 0.528 e. The zero-order valence-corrected chi connectivity index (χ0v) is 20.1. The van der Waals surface area contributed by atoms with Crippen LogP contribution in [0.25, 0.3) is 21.2 Å². The number of carbonyl (C=O) groups excluding carboxylic acids is 1. The third kappa shape index (κ3) is 5.51. The molecule has 0 saturated carbocycles. The zero-order chi connectivity index (χ0) is 23.6. The second kappa shape index (κ2) is 9.48. The Kier molecular flexibility index (Phi) is 6.66. The van der Waals surface area contributed by atoms with E-state index < -0.39 is 11.8 Å². The quantitative estimate of drug-likeness (QED) is 0.514. The average molecular weight is 473 g/mol. The van der Waals surface area contributed by atoms with Gasteiger partial charge in [-0.2, -0.15) is 0 Å². The van der Waals surface area contributed by atoms with Crippen LogP contribution >= 0.6 is 11.3 Å².